The summed E-state index contributed by atoms with van der Waals surface area (Å²) in [7, 11) is 3.45. The van der Waals surface area contributed by atoms with E-state index in [1.807, 2.05) is 42.1 Å². The number of para-hydroxylation sites is 1. The number of fused-ring (bicyclic) bond motifs is 1. The average molecular weight is 521 g/mol. The number of halogens is 1. The van der Waals surface area contributed by atoms with Crippen molar-refractivity contribution in [1.82, 2.24) is 9.47 Å². The molecular weight excluding hydrogens is 500 g/mol. The number of methoxy groups -OCH3 is 1. The van der Waals surface area contributed by atoms with Crippen LogP contribution < -0.4 is 4.74 Å². The highest BCUT2D eigenvalue weighted by molar-refractivity contribution is 9.10. The van der Waals surface area contributed by atoms with Crippen LogP contribution in [0.15, 0.2) is 81.5 Å². The summed E-state index contributed by atoms with van der Waals surface area (Å²) in [5, 5.41) is 12.2. The van der Waals surface area contributed by atoms with Crippen molar-refractivity contribution in [3.8, 4) is 5.75 Å². The third-order valence-electron chi connectivity index (χ3n) is 6.09. The Morgan fingerprint density at radius 3 is 2.65 bits per heavy atom. The van der Waals surface area contributed by atoms with Crippen molar-refractivity contribution in [2.45, 2.75) is 12.6 Å². The lowest BCUT2D eigenvalue weighted by atomic mass is 9.95. The molecule has 1 aliphatic rings. The normalized spacial score (nSPS) is 17.6. The van der Waals surface area contributed by atoms with E-state index in [2.05, 4.69) is 15.9 Å². The maximum atomic E-state index is 13.3. The summed E-state index contributed by atoms with van der Waals surface area (Å²) in [6.07, 6.45) is 3.42. The average Bonchev–Trinajstić information content (AvgIpc) is 3.53. The number of likely N-dealkylation sites (tertiary alicyclic amines) is 1. The number of carbonyl (C=O) groups is 2. The topological polar surface area (TPSA) is 84.9 Å². The zero-order valence-corrected chi connectivity index (χ0v) is 20.1. The molecule has 3 heterocycles. The van der Waals surface area contributed by atoms with Gasteiger partial charge in [-0.2, -0.15) is 0 Å². The van der Waals surface area contributed by atoms with E-state index in [0.29, 0.717) is 21.5 Å². The van der Waals surface area contributed by atoms with Crippen molar-refractivity contribution < 1.29 is 23.8 Å². The monoisotopic (exact) mass is 520 g/mol. The van der Waals surface area contributed by atoms with Crippen LogP contribution in [0.4, 0.5) is 0 Å². The van der Waals surface area contributed by atoms with Gasteiger partial charge in [0.05, 0.1) is 36.0 Å². The van der Waals surface area contributed by atoms with Crippen LogP contribution in [0.2, 0.25) is 0 Å². The number of furan rings is 1. The number of aromatic nitrogens is 1. The van der Waals surface area contributed by atoms with Crippen LogP contribution in [0.3, 0.4) is 0 Å². The summed E-state index contributed by atoms with van der Waals surface area (Å²) in [5.41, 5.74) is 2.13. The highest BCUT2D eigenvalue weighted by Crippen LogP contribution is 2.43. The molecule has 7 nitrogen and oxygen atoms in total. The van der Waals surface area contributed by atoms with Crippen LogP contribution in [-0.2, 0) is 23.2 Å². The first-order valence-electron chi connectivity index (χ1n) is 10.6. The van der Waals surface area contributed by atoms with Crippen molar-refractivity contribution in [2.24, 2.45) is 7.05 Å². The zero-order valence-electron chi connectivity index (χ0n) is 18.5. The Bertz CT molecular complexity index is 1450. The third-order valence-corrected chi connectivity index (χ3v) is 6.71. The molecule has 2 aromatic heterocycles. The first-order chi connectivity index (χ1) is 16.4. The smallest absolute Gasteiger partial charge is 0.296 e. The summed E-state index contributed by atoms with van der Waals surface area (Å²) in [6, 6.07) is 15.4. The molecule has 1 atom stereocenters. The minimum absolute atomic E-state index is 0.0324. The van der Waals surface area contributed by atoms with Crippen LogP contribution in [0.1, 0.15) is 22.9 Å². The fourth-order valence-corrected chi connectivity index (χ4v) is 5.04. The first kappa shape index (κ1) is 22.0. The number of rotatable bonds is 5. The van der Waals surface area contributed by atoms with Gasteiger partial charge in [0.1, 0.15) is 17.3 Å². The Hall–Kier alpha value is -3.78. The number of amides is 1. The van der Waals surface area contributed by atoms with Crippen molar-refractivity contribution in [3.05, 3.63) is 94.0 Å². The Labute approximate surface area is 204 Å². The fraction of sp³-hybridized carbons (Fsp3) is 0.154. The molecule has 4 aromatic rings. The zero-order chi connectivity index (χ0) is 24.0. The molecule has 34 heavy (non-hydrogen) atoms. The van der Waals surface area contributed by atoms with E-state index >= 15 is 0 Å². The summed E-state index contributed by atoms with van der Waals surface area (Å²) < 4.78 is 13.3. The minimum atomic E-state index is -0.794. The SMILES string of the molecule is COc1ccc(/C(O)=C2\C(=O)C(=O)N(Cc3ccco3)C2c2cn(C)c3ccccc23)cc1Br. The predicted octanol–water partition coefficient (Wildman–Crippen LogP) is 5.16. The number of aryl methyl sites for hydroxylation is 1. The van der Waals surface area contributed by atoms with Gasteiger partial charge in [-0.05, 0) is 52.3 Å². The lowest BCUT2D eigenvalue weighted by Crippen LogP contribution is -2.29. The highest BCUT2D eigenvalue weighted by Gasteiger charge is 2.47. The van der Waals surface area contributed by atoms with Crippen LogP contribution >= 0.6 is 15.9 Å². The largest absolute Gasteiger partial charge is 0.507 e. The number of aliphatic hydroxyl groups is 1. The number of Topliss-reactive ketones (excluding diaryl/α,β-unsaturated/α-hetero) is 1. The number of nitrogens with zero attached hydrogens (tertiary/aromatic N) is 2. The maximum Gasteiger partial charge on any atom is 0.296 e. The summed E-state index contributed by atoms with van der Waals surface area (Å²) in [6.45, 7) is 0.0918. The second kappa shape index (κ2) is 8.53. The van der Waals surface area contributed by atoms with E-state index in [1.165, 1.54) is 11.2 Å². The summed E-state index contributed by atoms with van der Waals surface area (Å²) >= 11 is 3.42. The van der Waals surface area contributed by atoms with Gasteiger partial charge in [-0.25, -0.2) is 0 Å². The molecule has 1 saturated heterocycles. The third kappa shape index (κ3) is 3.51. The Balaban J connectivity index is 1.73. The predicted molar refractivity (Wildman–Crippen MR) is 130 cm³/mol. The van der Waals surface area contributed by atoms with E-state index in [4.69, 9.17) is 9.15 Å². The molecule has 1 unspecified atom stereocenters. The van der Waals surface area contributed by atoms with Gasteiger partial charge in [-0.1, -0.05) is 18.2 Å². The van der Waals surface area contributed by atoms with Crippen LogP contribution in [-0.4, -0.2) is 33.4 Å². The fourth-order valence-electron chi connectivity index (χ4n) is 4.50. The van der Waals surface area contributed by atoms with Gasteiger partial charge in [0.2, 0.25) is 0 Å². The van der Waals surface area contributed by atoms with Gasteiger partial charge in [0, 0.05) is 35.3 Å². The van der Waals surface area contributed by atoms with Crippen LogP contribution in [0.25, 0.3) is 16.7 Å². The molecule has 5 rings (SSSR count). The van der Waals surface area contributed by atoms with E-state index in [9.17, 15) is 14.7 Å². The standard InChI is InChI=1S/C26H21BrN2O5/c1-28-14-18(17-7-3-4-8-20(17)28)23-22(24(30)15-9-10-21(33-2)19(27)12-15)25(31)26(32)29(23)13-16-6-5-11-34-16/h3-12,14,23,30H,13H2,1-2H3/b24-22+. The Morgan fingerprint density at radius 1 is 1.15 bits per heavy atom. The molecule has 0 aliphatic carbocycles. The number of benzene rings is 2. The number of hydrogen-bond acceptors (Lipinski definition) is 5. The van der Waals surface area contributed by atoms with Crippen molar-refractivity contribution in [3.63, 3.8) is 0 Å². The van der Waals surface area contributed by atoms with Crippen molar-refractivity contribution in [1.29, 1.82) is 0 Å². The molecule has 0 bridgehead atoms. The van der Waals surface area contributed by atoms with E-state index in [-0.39, 0.29) is 17.9 Å². The number of ketones is 1. The van der Waals surface area contributed by atoms with Gasteiger partial charge in [0.25, 0.3) is 11.7 Å². The molecule has 1 N–H and O–H groups in total. The number of carbonyl (C=O) groups excluding carboxylic acids is 2. The minimum Gasteiger partial charge on any atom is -0.507 e. The maximum absolute atomic E-state index is 13.3. The lowest BCUT2D eigenvalue weighted by molar-refractivity contribution is -0.140. The highest BCUT2D eigenvalue weighted by atomic mass is 79.9. The summed E-state index contributed by atoms with van der Waals surface area (Å²) in [5.74, 6) is -0.557. The molecule has 1 amide bonds. The van der Waals surface area contributed by atoms with Crippen molar-refractivity contribution >= 4 is 44.3 Å². The number of ether oxygens (including phenoxy) is 1. The molecular formula is C26H21BrN2O5. The number of aliphatic hydroxyl groups excluding tert-OH is 1. The summed E-state index contributed by atoms with van der Waals surface area (Å²) in [4.78, 5) is 28.0. The molecule has 1 aliphatic heterocycles. The van der Waals surface area contributed by atoms with Gasteiger partial charge >= 0.3 is 0 Å². The van der Waals surface area contributed by atoms with Crippen LogP contribution in [0, 0.1) is 0 Å². The Morgan fingerprint density at radius 2 is 1.94 bits per heavy atom. The quantitative estimate of drug-likeness (QED) is 0.223. The van der Waals surface area contributed by atoms with Crippen LogP contribution in [0.5, 0.6) is 5.75 Å². The second-order valence-corrected chi connectivity index (χ2v) is 8.92. The molecule has 1 fully saturated rings. The molecule has 0 saturated carbocycles. The Kier molecular flexibility index (Phi) is 5.53. The molecule has 172 valence electrons. The lowest BCUT2D eigenvalue weighted by Gasteiger charge is -2.24. The molecule has 2 aromatic carbocycles. The molecule has 0 spiro atoms. The van der Waals surface area contributed by atoms with E-state index in [0.717, 1.165) is 16.5 Å². The molecule has 8 heteroatoms. The van der Waals surface area contributed by atoms with Gasteiger partial charge in [-0.15, -0.1) is 0 Å². The number of hydrogen-bond donors (Lipinski definition) is 1. The van der Waals surface area contributed by atoms with Gasteiger partial charge in [-0.3, -0.25) is 9.59 Å². The molecule has 0 radical (unpaired) electrons. The van der Waals surface area contributed by atoms with Gasteiger partial charge < -0.3 is 23.7 Å². The van der Waals surface area contributed by atoms with E-state index in [1.54, 1.807) is 37.4 Å². The van der Waals surface area contributed by atoms with Gasteiger partial charge in [0.15, 0.2) is 0 Å². The van der Waals surface area contributed by atoms with Crippen molar-refractivity contribution in [2.75, 3.05) is 7.11 Å². The second-order valence-electron chi connectivity index (χ2n) is 8.07. The first-order valence-corrected chi connectivity index (χ1v) is 11.4. The van der Waals surface area contributed by atoms with E-state index < -0.39 is 17.7 Å².